The molecule has 1 aliphatic rings. The molecule has 1 amide bonds. The molecule has 2 N–H and O–H groups in total. The van der Waals surface area contributed by atoms with Crippen LogP contribution < -0.4 is 5.32 Å². The Kier molecular flexibility index (Phi) is 4.74. The lowest BCUT2D eigenvalue weighted by molar-refractivity contribution is -0.121. The molecule has 1 fully saturated rings. The van der Waals surface area contributed by atoms with Crippen molar-refractivity contribution in [3.8, 4) is 0 Å². The molecule has 0 aromatic heterocycles. The molecule has 5 heteroatoms. The molecule has 1 aromatic carbocycles. The number of aromatic carboxylic acids is 1. The average molecular weight is 276 g/mol. The first-order chi connectivity index (χ1) is 9.56. The van der Waals surface area contributed by atoms with Gasteiger partial charge in [-0.25, -0.2) is 4.79 Å². The molecule has 1 heterocycles. The molecule has 0 bridgehead atoms. The molecule has 0 radical (unpaired) electrons. The van der Waals surface area contributed by atoms with Crippen LogP contribution in [0.25, 0.3) is 0 Å². The number of nitrogens with zero attached hydrogens (tertiary/aromatic N) is 1. The van der Waals surface area contributed by atoms with E-state index >= 15 is 0 Å². The summed E-state index contributed by atoms with van der Waals surface area (Å²) >= 11 is 0. The van der Waals surface area contributed by atoms with Crippen LogP contribution in [0.1, 0.15) is 28.8 Å². The summed E-state index contributed by atoms with van der Waals surface area (Å²) in [6, 6.07) is 6.85. The second-order valence-electron chi connectivity index (χ2n) is 5.28. The van der Waals surface area contributed by atoms with E-state index in [0.717, 1.165) is 25.9 Å². The van der Waals surface area contributed by atoms with Crippen LogP contribution in [-0.2, 0) is 11.2 Å². The van der Waals surface area contributed by atoms with Gasteiger partial charge in [-0.15, -0.1) is 0 Å². The Morgan fingerprint density at radius 2 is 1.95 bits per heavy atom. The minimum absolute atomic E-state index is 0.103. The van der Waals surface area contributed by atoms with Crippen LogP contribution in [0.3, 0.4) is 0 Å². The third-order valence-corrected chi connectivity index (χ3v) is 3.68. The van der Waals surface area contributed by atoms with Gasteiger partial charge in [-0.05, 0) is 44.6 Å². The Morgan fingerprint density at radius 1 is 1.30 bits per heavy atom. The molecular formula is C15H20N2O3. The van der Waals surface area contributed by atoms with Gasteiger partial charge in [0.25, 0.3) is 0 Å². The fraction of sp³-hybridized carbons (Fsp3) is 0.467. The summed E-state index contributed by atoms with van der Waals surface area (Å²) in [6.07, 6.45) is 2.01. The number of carbonyl (C=O) groups excluding carboxylic acids is 1. The molecule has 1 saturated heterocycles. The summed E-state index contributed by atoms with van der Waals surface area (Å²) in [5.41, 5.74) is 0.761. The zero-order valence-electron chi connectivity index (χ0n) is 11.6. The quantitative estimate of drug-likeness (QED) is 0.865. The van der Waals surface area contributed by atoms with Gasteiger partial charge in [-0.2, -0.15) is 0 Å². The number of carboxylic acids is 1. The van der Waals surface area contributed by atoms with Crippen molar-refractivity contribution < 1.29 is 14.7 Å². The van der Waals surface area contributed by atoms with Crippen LogP contribution in [0.2, 0.25) is 0 Å². The topological polar surface area (TPSA) is 69.6 Å². The maximum atomic E-state index is 12.0. The van der Waals surface area contributed by atoms with Gasteiger partial charge < -0.3 is 15.3 Å². The summed E-state index contributed by atoms with van der Waals surface area (Å²) in [5, 5.41) is 12.1. The van der Waals surface area contributed by atoms with E-state index in [1.807, 2.05) is 0 Å². The third-order valence-electron chi connectivity index (χ3n) is 3.68. The van der Waals surface area contributed by atoms with Crippen molar-refractivity contribution >= 4 is 11.9 Å². The number of nitrogens with one attached hydrogen (secondary N) is 1. The second-order valence-corrected chi connectivity index (χ2v) is 5.28. The van der Waals surface area contributed by atoms with E-state index in [1.54, 1.807) is 18.2 Å². The average Bonchev–Trinajstić information content (AvgIpc) is 2.41. The highest BCUT2D eigenvalue weighted by atomic mass is 16.4. The minimum atomic E-state index is -0.993. The summed E-state index contributed by atoms with van der Waals surface area (Å²) in [6.45, 7) is 1.97. The summed E-state index contributed by atoms with van der Waals surface area (Å²) in [4.78, 5) is 25.3. The fourth-order valence-corrected chi connectivity index (χ4v) is 2.49. The molecule has 5 nitrogen and oxygen atoms in total. The van der Waals surface area contributed by atoms with Gasteiger partial charge in [-0.1, -0.05) is 18.2 Å². The maximum Gasteiger partial charge on any atom is 0.335 e. The van der Waals surface area contributed by atoms with Crippen molar-refractivity contribution in [1.29, 1.82) is 0 Å². The lowest BCUT2D eigenvalue weighted by atomic mass is 10.0. The first-order valence-electron chi connectivity index (χ1n) is 6.85. The molecule has 108 valence electrons. The molecule has 0 atom stereocenters. The molecule has 1 aromatic rings. The maximum absolute atomic E-state index is 12.0. The monoisotopic (exact) mass is 276 g/mol. The molecule has 2 rings (SSSR count). The highest BCUT2D eigenvalue weighted by molar-refractivity contribution is 5.91. The van der Waals surface area contributed by atoms with Crippen LogP contribution in [0, 0.1) is 0 Å². The first-order valence-corrected chi connectivity index (χ1v) is 6.85. The molecule has 0 spiro atoms. The number of hydrogen-bond acceptors (Lipinski definition) is 3. The first kappa shape index (κ1) is 14.5. The van der Waals surface area contributed by atoms with E-state index in [-0.39, 0.29) is 23.9 Å². The van der Waals surface area contributed by atoms with E-state index in [1.165, 1.54) is 6.07 Å². The van der Waals surface area contributed by atoms with Crippen molar-refractivity contribution in [2.45, 2.75) is 25.3 Å². The Morgan fingerprint density at radius 3 is 2.60 bits per heavy atom. The SMILES string of the molecule is CN1CCC(NC(=O)Cc2ccccc2C(=O)O)CC1. The van der Waals surface area contributed by atoms with Gasteiger partial charge in [0.2, 0.25) is 5.91 Å². The van der Waals surface area contributed by atoms with Crippen molar-refractivity contribution in [3.63, 3.8) is 0 Å². The van der Waals surface area contributed by atoms with Gasteiger partial charge in [0.1, 0.15) is 0 Å². The Hall–Kier alpha value is -1.88. The number of amides is 1. The Balaban J connectivity index is 1.93. The van der Waals surface area contributed by atoms with Gasteiger partial charge >= 0.3 is 5.97 Å². The number of benzene rings is 1. The van der Waals surface area contributed by atoms with Crippen LogP contribution >= 0.6 is 0 Å². The molecule has 0 aliphatic carbocycles. The largest absolute Gasteiger partial charge is 0.478 e. The second kappa shape index (κ2) is 6.52. The number of hydrogen-bond donors (Lipinski definition) is 2. The lowest BCUT2D eigenvalue weighted by Gasteiger charge is -2.29. The smallest absolute Gasteiger partial charge is 0.335 e. The lowest BCUT2D eigenvalue weighted by Crippen LogP contribution is -2.43. The van der Waals surface area contributed by atoms with Crippen LogP contribution in [0.15, 0.2) is 24.3 Å². The van der Waals surface area contributed by atoms with Crippen LogP contribution in [0.5, 0.6) is 0 Å². The normalized spacial score (nSPS) is 16.9. The molecule has 20 heavy (non-hydrogen) atoms. The van der Waals surface area contributed by atoms with E-state index in [2.05, 4.69) is 17.3 Å². The summed E-state index contributed by atoms with van der Waals surface area (Å²) in [7, 11) is 2.07. The van der Waals surface area contributed by atoms with Gasteiger partial charge in [0, 0.05) is 6.04 Å². The highest BCUT2D eigenvalue weighted by Crippen LogP contribution is 2.11. The molecule has 0 saturated carbocycles. The predicted molar refractivity (Wildman–Crippen MR) is 75.8 cm³/mol. The van der Waals surface area contributed by atoms with Gasteiger partial charge in [0.05, 0.1) is 12.0 Å². The zero-order chi connectivity index (χ0) is 14.5. The van der Waals surface area contributed by atoms with Crippen LogP contribution in [0.4, 0.5) is 0 Å². The number of carbonyl (C=O) groups is 2. The third kappa shape index (κ3) is 3.81. The molecule has 1 aliphatic heterocycles. The van der Waals surface area contributed by atoms with Gasteiger partial charge in [0.15, 0.2) is 0 Å². The van der Waals surface area contributed by atoms with Crippen molar-refractivity contribution in [2.24, 2.45) is 0 Å². The van der Waals surface area contributed by atoms with E-state index in [0.29, 0.717) is 5.56 Å². The van der Waals surface area contributed by atoms with Crippen LogP contribution in [-0.4, -0.2) is 48.1 Å². The summed E-state index contributed by atoms with van der Waals surface area (Å²) in [5.74, 6) is -1.10. The van der Waals surface area contributed by atoms with Gasteiger partial charge in [-0.3, -0.25) is 4.79 Å². The number of likely N-dealkylation sites (tertiary alicyclic amines) is 1. The fourth-order valence-electron chi connectivity index (χ4n) is 2.49. The highest BCUT2D eigenvalue weighted by Gasteiger charge is 2.19. The number of carboxylic acid groups (broad SMARTS) is 1. The Labute approximate surface area is 118 Å². The minimum Gasteiger partial charge on any atom is -0.478 e. The standard InChI is InChI=1S/C15H20N2O3/c1-17-8-6-12(7-9-17)16-14(18)10-11-4-2-3-5-13(11)15(19)20/h2-5,12H,6-10H2,1H3,(H,16,18)(H,19,20). The van der Waals surface area contributed by atoms with Crippen molar-refractivity contribution in [1.82, 2.24) is 10.2 Å². The molecule has 0 unspecified atom stereocenters. The Bertz CT molecular complexity index is 494. The van der Waals surface area contributed by atoms with E-state index < -0.39 is 5.97 Å². The summed E-state index contributed by atoms with van der Waals surface area (Å²) < 4.78 is 0. The zero-order valence-corrected chi connectivity index (χ0v) is 11.6. The molecular weight excluding hydrogens is 256 g/mol. The number of rotatable bonds is 4. The van der Waals surface area contributed by atoms with E-state index in [4.69, 9.17) is 5.11 Å². The van der Waals surface area contributed by atoms with Crippen molar-refractivity contribution in [3.05, 3.63) is 35.4 Å². The number of piperidine rings is 1. The predicted octanol–water partition coefficient (Wildman–Crippen LogP) is 1.14. The van der Waals surface area contributed by atoms with E-state index in [9.17, 15) is 9.59 Å². The van der Waals surface area contributed by atoms with Crippen molar-refractivity contribution in [2.75, 3.05) is 20.1 Å².